The molecule has 6 nitrogen and oxygen atoms in total. The Bertz CT molecular complexity index is 922. The molecular formula is C18H17BrN4O2. The fourth-order valence-corrected chi connectivity index (χ4v) is 3.37. The maximum Gasteiger partial charge on any atom is 0.272 e. The highest BCUT2D eigenvalue weighted by Gasteiger charge is 2.31. The first-order chi connectivity index (χ1) is 12.1. The number of rotatable bonds is 3. The van der Waals surface area contributed by atoms with E-state index in [4.69, 9.17) is 4.74 Å². The van der Waals surface area contributed by atoms with Crippen LogP contribution in [0.25, 0.3) is 5.65 Å². The van der Waals surface area contributed by atoms with Gasteiger partial charge in [-0.25, -0.2) is 9.97 Å². The molecule has 25 heavy (non-hydrogen) atoms. The van der Waals surface area contributed by atoms with Crippen molar-refractivity contribution in [1.29, 1.82) is 0 Å². The SMILES string of the molecule is Cc1nc2ccccn2c1C(=O)N1CCC(Oc2ccc(Br)cn2)C1. The molecule has 0 aromatic carbocycles. The van der Waals surface area contributed by atoms with Gasteiger partial charge in [-0.1, -0.05) is 6.07 Å². The first-order valence-corrected chi connectivity index (χ1v) is 8.92. The summed E-state index contributed by atoms with van der Waals surface area (Å²) in [6, 6.07) is 9.44. The second-order valence-corrected chi connectivity index (χ2v) is 6.98. The van der Waals surface area contributed by atoms with E-state index >= 15 is 0 Å². The van der Waals surface area contributed by atoms with Crippen LogP contribution in [0.3, 0.4) is 0 Å². The first kappa shape index (κ1) is 16.1. The number of imidazole rings is 1. The smallest absolute Gasteiger partial charge is 0.272 e. The van der Waals surface area contributed by atoms with Gasteiger partial charge in [0.1, 0.15) is 17.4 Å². The van der Waals surface area contributed by atoms with E-state index in [0.29, 0.717) is 24.7 Å². The van der Waals surface area contributed by atoms with Crippen LogP contribution in [0.1, 0.15) is 22.6 Å². The number of pyridine rings is 2. The van der Waals surface area contributed by atoms with E-state index in [0.717, 1.165) is 22.2 Å². The summed E-state index contributed by atoms with van der Waals surface area (Å²) in [4.78, 5) is 23.5. The van der Waals surface area contributed by atoms with E-state index in [9.17, 15) is 4.79 Å². The summed E-state index contributed by atoms with van der Waals surface area (Å²) in [5.41, 5.74) is 2.16. The first-order valence-electron chi connectivity index (χ1n) is 8.13. The monoisotopic (exact) mass is 400 g/mol. The molecular weight excluding hydrogens is 384 g/mol. The molecule has 1 saturated heterocycles. The normalized spacial score (nSPS) is 17.2. The Morgan fingerprint density at radius 3 is 3.00 bits per heavy atom. The second-order valence-electron chi connectivity index (χ2n) is 6.07. The number of fused-ring (bicyclic) bond motifs is 1. The largest absolute Gasteiger partial charge is 0.472 e. The van der Waals surface area contributed by atoms with Gasteiger partial charge in [0.2, 0.25) is 5.88 Å². The van der Waals surface area contributed by atoms with Gasteiger partial charge in [0.25, 0.3) is 5.91 Å². The van der Waals surface area contributed by atoms with Crippen LogP contribution in [0, 0.1) is 6.92 Å². The van der Waals surface area contributed by atoms with Crippen molar-refractivity contribution < 1.29 is 9.53 Å². The summed E-state index contributed by atoms with van der Waals surface area (Å²) >= 11 is 3.36. The zero-order chi connectivity index (χ0) is 17.4. The minimum absolute atomic E-state index is 0.00827. The summed E-state index contributed by atoms with van der Waals surface area (Å²) in [6.07, 6.45) is 4.32. The molecule has 1 atom stereocenters. The lowest BCUT2D eigenvalue weighted by molar-refractivity contribution is 0.0763. The van der Waals surface area contributed by atoms with Gasteiger partial charge < -0.3 is 9.64 Å². The number of ether oxygens (including phenoxy) is 1. The molecule has 0 N–H and O–H groups in total. The van der Waals surface area contributed by atoms with Crippen LogP contribution >= 0.6 is 15.9 Å². The van der Waals surface area contributed by atoms with Gasteiger partial charge in [0, 0.05) is 35.9 Å². The van der Waals surface area contributed by atoms with Crippen LogP contribution < -0.4 is 4.74 Å². The minimum Gasteiger partial charge on any atom is -0.472 e. The lowest BCUT2D eigenvalue weighted by atomic mass is 10.3. The number of likely N-dealkylation sites (tertiary alicyclic amines) is 1. The number of carbonyl (C=O) groups is 1. The Kier molecular flexibility index (Phi) is 4.17. The molecule has 1 aliphatic rings. The molecule has 128 valence electrons. The zero-order valence-corrected chi connectivity index (χ0v) is 15.3. The quantitative estimate of drug-likeness (QED) is 0.677. The van der Waals surface area contributed by atoms with Crippen molar-refractivity contribution in [2.45, 2.75) is 19.4 Å². The van der Waals surface area contributed by atoms with Gasteiger partial charge in [-0.2, -0.15) is 0 Å². The fourth-order valence-electron chi connectivity index (χ4n) is 3.13. The molecule has 0 spiro atoms. The number of hydrogen-bond acceptors (Lipinski definition) is 4. The lowest BCUT2D eigenvalue weighted by Crippen LogP contribution is -2.32. The van der Waals surface area contributed by atoms with Crippen molar-refractivity contribution in [3.63, 3.8) is 0 Å². The molecule has 1 aliphatic heterocycles. The average molecular weight is 401 g/mol. The second kappa shape index (κ2) is 6.48. The molecule has 4 heterocycles. The lowest BCUT2D eigenvalue weighted by Gasteiger charge is -2.17. The summed E-state index contributed by atoms with van der Waals surface area (Å²) in [5.74, 6) is 0.569. The van der Waals surface area contributed by atoms with Crippen LogP contribution in [0.15, 0.2) is 47.2 Å². The van der Waals surface area contributed by atoms with Gasteiger partial charge in [-0.05, 0) is 41.1 Å². The molecule has 0 saturated carbocycles. The Morgan fingerprint density at radius 2 is 2.20 bits per heavy atom. The van der Waals surface area contributed by atoms with E-state index < -0.39 is 0 Å². The molecule has 0 radical (unpaired) electrons. The summed E-state index contributed by atoms with van der Waals surface area (Å²) in [7, 11) is 0. The van der Waals surface area contributed by atoms with Crippen LogP contribution in [0.2, 0.25) is 0 Å². The fraction of sp³-hybridized carbons (Fsp3) is 0.278. The highest BCUT2D eigenvalue weighted by atomic mass is 79.9. The standard InChI is InChI=1S/C18H17BrN4O2/c1-12-17(23-8-3-2-4-15(23)21-12)18(24)22-9-7-14(11-22)25-16-6-5-13(19)10-20-16/h2-6,8,10,14H,7,9,11H2,1H3. The number of aromatic nitrogens is 3. The van der Waals surface area contributed by atoms with Gasteiger partial charge in [0.05, 0.1) is 12.2 Å². The van der Waals surface area contributed by atoms with Crippen molar-refractivity contribution in [2.75, 3.05) is 13.1 Å². The topological polar surface area (TPSA) is 59.7 Å². The molecule has 7 heteroatoms. The molecule has 4 rings (SSSR count). The molecule has 3 aromatic rings. The Hall–Kier alpha value is -2.41. The minimum atomic E-state index is -0.0443. The molecule has 1 fully saturated rings. The molecule has 1 amide bonds. The maximum absolute atomic E-state index is 13.0. The van der Waals surface area contributed by atoms with E-state index in [1.807, 2.05) is 52.8 Å². The van der Waals surface area contributed by atoms with E-state index in [1.165, 1.54) is 0 Å². The molecule has 1 unspecified atom stereocenters. The summed E-state index contributed by atoms with van der Waals surface area (Å²) in [6.45, 7) is 3.09. The van der Waals surface area contributed by atoms with Crippen LogP contribution in [0.4, 0.5) is 0 Å². The number of hydrogen-bond donors (Lipinski definition) is 0. The van der Waals surface area contributed by atoms with E-state index in [1.54, 1.807) is 6.20 Å². The van der Waals surface area contributed by atoms with Gasteiger partial charge in [0.15, 0.2) is 0 Å². The number of carbonyl (C=O) groups excluding carboxylic acids is 1. The van der Waals surface area contributed by atoms with E-state index in [2.05, 4.69) is 25.9 Å². The third kappa shape index (κ3) is 3.11. The van der Waals surface area contributed by atoms with Crippen LogP contribution in [-0.4, -0.2) is 44.4 Å². The molecule has 3 aromatic heterocycles. The van der Waals surface area contributed by atoms with Gasteiger partial charge in [-0.3, -0.25) is 9.20 Å². The summed E-state index contributed by atoms with van der Waals surface area (Å²) in [5, 5.41) is 0. The van der Waals surface area contributed by atoms with Crippen molar-refractivity contribution in [3.05, 3.63) is 58.6 Å². The van der Waals surface area contributed by atoms with Gasteiger partial charge >= 0.3 is 0 Å². The highest BCUT2D eigenvalue weighted by Crippen LogP contribution is 2.21. The molecule has 0 aliphatic carbocycles. The highest BCUT2D eigenvalue weighted by molar-refractivity contribution is 9.10. The predicted molar refractivity (Wildman–Crippen MR) is 96.8 cm³/mol. The predicted octanol–water partition coefficient (Wildman–Crippen LogP) is 3.09. The van der Waals surface area contributed by atoms with Crippen LogP contribution in [0.5, 0.6) is 5.88 Å². The van der Waals surface area contributed by atoms with Crippen molar-refractivity contribution in [2.24, 2.45) is 0 Å². The average Bonchev–Trinajstić information content (AvgIpc) is 3.20. The third-order valence-corrected chi connectivity index (χ3v) is 4.80. The van der Waals surface area contributed by atoms with E-state index in [-0.39, 0.29) is 12.0 Å². The van der Waals surface area contributed by atoms with Crippen molar-refractivity contribution in [1.82, 2.24) is 19.3 Å². The maximum atomic E-state index is 13.0. The van der Waals surface area contributed by atoms with Crippen LogP contribution in [-0.2, 0) is 0 Å². The third-order valence-electron chi connectivity index (χ3n) is 4.33. The Morgan fingerprint density at radius 1 is 1.32 bits per heavy atom. The molecule has 0 bridgehead atoms. The number of halogens is 1. The number of amides is 1. The Labute approximate surface area is 153 Å². The zero-order valence-electron chi connectivity index (χ0n) is 13.7. The Balaban J connectivity index is 1.50. The van der Waals surface area contributed by atoms with Crippen molar-refractivity contribution >= 4 is 27.5 Å². The number of aryl methyl sites for hydroxylation is 1. The van der Waals surface area contributed by atoms with Gasteiger partial charge in [-0.15, -0.1) is 0 Å². The number of nitrogens with zero attached hydrogens (tertiary/aromatic N) is 4. The van der Waals surface area contributed by atoms with Crippen molar-refractivity contribution in [3.8, 4) is 5.88 Å². The summed E-state index contributed by atoms with van der Waals surface area (Å²) < 4.78 is 8.66.